The SMILES string of the molecule is COC(=O)NS(=O)(=O)NC1CCCCC1N. The summed E-state index contributed by atoms with van der Waals surface area (Å²) in [5.74, 6) is 0. The van der Waals surface area contributed by atoms with Crippen molar-refractivity contribution in [2.75, 3.05) is 7.11 Å². The van der Waals surface area contributed by atoms with E-state index in [4.69, 9.17) is 5.73 Å². The Bertz CT molecular complexity index is 343. The summed E-state index contributed by atoms with van der Waals surface area (Å²) in [7, 11) is -2.79. The van der Waals surface area contributed by atoms with Crippen LogP contribution in [0.5, 0.6) is 0 Å². The third kappa shape index (κ3) is 3.95. The maximum absolute atomic E-state index is 11.4. The van der Waals surface area contributed by atoms with Crippen LogP contribution in [0, 0.1) is 0 Å². The Morgan fingerprint density at radius 2 is 2.00 bits per heavy atom. The van der Waals surface area contributed by atoms with Crippen LogP contribution in [0.15, 0.2) is 0 Å². The van der Waals surface area contributed by atoms with Gasteiger partial charge in [0.25, 0.3) is 0 Å². The fraction of sp³-hybridized carbons (Fsp3) is 0.875. The van der Waals surface area contributed by atoms with Crippen molar-refractivity contribution >= 4 is 16.3 Å². The standard InChI is InChI=1S/C8H17N3O4S/c1-15-8(12)11-16(13,14)10-7-5-3-2-4-6(7)9/h6-7,10H,2-5,9H2,1H3,(H,11,12). The van der Waals surface area contributed by atoms with Crippen LogP contribution >= 0.6 is 0 Å². The van der Waals surface area contributed by atoms with E-state index < -0.39 is 16.3 Å². The molecular formula is C8H17N3O4S. The Balaban J connectivity index is 2.54. The molecule has 1 fully saturated rings. The van der Waals surface area contributed by atoms with Gasteiger partial charge >= 0.3 is 16.3 Å². The monoisotopic (exact) mass is 251 g/mol. The number of ether oxygens (including phenoxy) is 1. The van der Waals surface area contributed by atoms with Crippen molar-refractivity contribution in [3.8, 4) is 0 Å². The van der Waals surface area contributed by atoms with Gasteiger partial charge in [0, 0.05) is 12.1 Å². The highest BCUT2D eigenvalue weighted by atomic mass is 32.2. The molecule has 0 radical (unpaired) electrons. The molecule has 0 aromatic carbocycles. The van der Waals surface area contributed by atoms with Crippen LogP contribution < -0.4 is 15.2 Å². The summed E-state index contributed by atoms with van der Waals surface area (Å²) in [4.78, 5) is 10.8. The molecule has 1 rings (SSSR count). The number of methoxy groups -OCH3 is 1. The third-order valence-electron chi connectivity index (χ3n) is 2.53. The van der Waals surface area contributed by atoms with E-state index >= 15 is 0 Å². The van der Waals surface area contributed by atoms with E-state index in [0.29, 0.717) is 6.42 Å². The Morgan fingerprint density at radius 1 is 1.38 bits per heavy atom. The quantitative estimate of drug-likeness (QED) is 0.623. The summed E-state index contributed by atoms with van der Waals surface area (Å²) in [5, 5.41) is 0. The summed E-state index contributed by atoms with van der Waals surface area (Å²) in [5.41, 5.74) is 5.78. The Morgan fingerprint density at radius 3 is 2.56 bits per heavy atom. The second kappa shape index (κ2) is 5.46. The molecule has 16 heavy (non-hydrogen) atoms. The number of nitrogens with one attached hydrogen (secondary N) is 2. The molecule has 94 valence electrons. The van der Waals surface area contributed by atoms with Gasteiger partial charge in [-0.1, -0.05) is 12.8 Å². The molecule has 1 saturated carbocycles. The summed E-state index contributed by atoms with van der Waals surface area (Å²) in [6, 6.07) is -0.529. The lowest BCUT2D eigenvalue weighted by Gasteiger charge is -2.28. The van der Waals surface area contributed by atoms with Gasteiger partial charge in [0.15, 0.2) is 0 Å². The lowest BCUT2D eigenvalue weighted by Crippen LogP contribution is -2.53. The van der Waals surface area contributed by atoms with E-state index in [0.717, 1.165) is 26.4 Å². The van der Waals surface area contributed by atoms with Gasteiger partial charge in [0.05, 0.1) is 7.11 Å². The minimum atomic E-state index is -3.88. The van der Waals surface area contributed by atoms with Crippen molar-refractivity contribution in [2.24, 2.45) is 5.73 Å². The second-order valence-electron chi connectivity index (χ2n) is 3.77. The Hall–Kier alpha value is -0.860. The average Bonchev–Trinajstić information content (AvgIpc) is 2.20. The number of carbonyl (C=O) groups is 1. The van der Waals surface area contributed by atoms with Crippen molar-refractivity contribution in [3.63, 3.8) is 0 Å². The first-order valence-electron chi connectivity index (χ1n) is 5.08. The lowest BCUT2D eigenvalue weighted by atomic mass is 9.92. The first-order valence-corrected chi connectivity index (χ1v) is 6.56. The predicted molar refractivity (Wildman–Crippen MR) is 57.8 cm³/mol. The number of rotatable bonds is 3. The van der Waals surface area contributed by atoms with Crippen molar-refractivity contribution in [2.45, 2.75) is 37.8 Å². The largest absolute Gasteiger partial charge is 0.452 e. The molecule has 2 unspecified atom stereocenters. The van der Waals surface area contributed by atoms with Crippen molar-refractivity contribution in [1.29, 1.82) is 0 Å². The molecule has 0 saturated heterocycles. The molecule has 0 aromatic rings. The van der Waals surface area contributed by atoms with E-state index in [1.165, 1.54) is 0 Å². The minimum Gasteiger partial charge on any atom is -0.452 e. The number of carbonyl (C=O) groups excluding carboxylic acids is 1. The summed E-state index contributed by atoms with van der Waals surface area (Å²) < 4.78 is 31.1. The van der Waals surface area contributed by atoms with Crippen LogP contribution in [0.3, 0.4) is 0 Å². The number of amides is 1. The van der Waals surface area contributed by atoms with Crippen LogP contribution in [0.4, 0.5) is 4.79 Å². The Kier molecular flexibility index (Phi) is 4.51. The third-order valence-corrected chi connectivity index (χ3v) is 3.58. The van der Waals surface area contributed by atoms with E-state index in [2.05, 4.69) is 9.46 Å². The van der Waals surface area contributed by atoms with Crippen molar-refractivity contribution < 1.29 is 17.9 Å². The molecule has 0 spiro atoms. The van der Waals surface area contributed by atoms with Gasteiger partial charge in [-0.2, -0.15) is 13.1 Å². The number of hydrogen-bond donors (Lipinski definition) is 3. The zero-order valence-corrected chi connectivity index (χ0v) is 9.92. The van der Waals surface area contributed by atoms with E-state index in [9.17, 15) is 13.2 Å². The highest BCUT2D eigenvalue weighted by Crippen LogP contribution is 2.17. The minimum absolute atomic E-state index is 0.206. The molecular weight excluding hydrogens is 234 g/mol. The zero-order valence-electron chi connectivity index (χ0n) is 9.10. The van der Waals surface area contributed by atoms with Gasteiger partial charge in [0.1, 0.15) is 0 Å². The first-order chi connectivity index (χ1) is 7.44. The van der Waals surface area contributed by atoms with Crippen LogP contribution in [-0.4, -0.2) is 33.7 Å². The molecule has 1 aliphatic rings. The highest BCUT2D eigenvalue weighted by molar-refractivity contribution is 7.88. The van der Waals surface area contributed by atoms with E-state index in [-0.39, 0.29) is 12.1 Å². The zero-order chi connectivity index (χ0) is 12.2. The Labute approximate surface area is 94.9 Å². The topological polar surface area (TPSA) is 111 Å². The van der Waals surface area contributed by atoms with Gasteiger partial charge in [-0.15, -0.1) is 0 Å². The molecule has 2 atom stereocenters. The molecule has 1 aliphatic carbocycles. The second-order valence-corrected chi connectivity index (χ2v) is 5.22. The maximum atomic E-state index is 11.4. The van der Waals surface area contributed by atoms with E-state index in [1.54, 1.807) is 4.72 Å². The smallest absolute Gasteiger partial charge is 0.421 e. The fourth-order valence-corrected chi connectivity index (χ4v) is 2.74. The predicted octanol–water partition coefficient (Wildman–Crippen LogP) is -0.553. The molecule has 0 heterocycles. The lowest BCUT2D eigenvalue weighted by molar-refractivity contribution is 0.177. The van der Waals surface area contributed by atoms with Crippen LogP contribution in [-0.2, 0) is 14.9 Å². The number of hydrogen-bond acceptors (Lipinski definition) is 5. The highest BCUT2D eigenvalue weighted by Gasteiger charge is 2.27. The summed E-state index contributed by atoms with van der Waals surface area (Å²) in [6.07, 6.45) is 2.38. The molecule has 0 bridgehead atoms. The van der Waals surface area contributed by atoms with Crippen molar-refractivity contribution in [3.05, 3.63) is 0 Å². The first kappa shape index (κ1) is 13.2. The average molecular weight is 251 g/mol. The molecule has 1 amide bonds. The molecule has 8 heteroatoms. The van der Waals surface area contributed by atoms with E-state index in [1.807, 2.05) is 0 Å². The summed E-state index contributed by atoms with van der Waals surface area (Å²) in [6.45, 7) is 0. The van der Waals surface area contributed by atoms with Gasteiger partial charge in [-0.05, 0) is 12.8 Å². The van der Waals surface area contributed by atoms with Crippen molar-refractivity contribution in [1.82, 2.24) is 9.44 Å². The summed E-state index contributed by atoms with van der Waals surface area (Å²) >= 11 is 0. The molecule has 7 nitrogen and oxygen atoms in total. The van der Waals surface area contributed by atoms with Gasteiger partial charge in [-0.25, -0.2) is 9.52 Å². The maximum Gasteiger partial charge on any atom is 0.421 e. The van der Waals surface area contributed by atoms with Crippen LogP contribution in [0.2, 0.25) is 0 Å². The van der Waals surface area contributed by atoms with Crippen LogP contribution in [0.25, 0.3) is 0 Å². The van der Waals surface area contributed by atoms with Crippen LogP contribution in [0.1, 0.15) is 25.7 Å². The number of nitrogens with two attached hydrogens (primary N) is 1. The molecule has 4 N–H and O–H groups in total. The molecule has 0 aliphatic heterocycles. The fourth-order valence-electron chi connectivity index (χ4n) is 1.69. The molecule has 0 aromatic heterocycles. The van der Waals surface area contributed by atoms with Gasteiger partial charge < -0.3 is 10.5 Å². The van der Waals surface area contributed by atoms with Gasteiger partial charge in [-0.3, -0.25) is 0 Å². The van der Waals surface area contributed by atoms with Gasteiger partial charge in [0.2, 0.25) is 0 Å². The normalized spacial score (nSPS) is 26.1.